The van der Waals surface area contributed by atoms with Crippen LogP contribution in [0.5, 0.6) is 5.75 Å². The molecule has 0 saturated heterocycles. The molecule has 1 aliphatic rings. The van der Waals surface area contributed by atoms with Crippen molar-refractivity contribution in [3.8, 4) is 5.75 Å². The van der Waals surface area contributed by atoms with Crippen LogP contribution in [0, 0.1) is 5.92 Å². The molecule has 20 heavy (non-hydrogen) atoms. The molecule has 0 spiro atoms. The van der Waals surface area contributed by atoms with Crippen molar-refractivity contribution in [1.82, 2.24) is 4.90 Å². The number of methoxy groups -OCH3 is 2. The lowest BCUT2D eigenvalue weighted by molar-refractivity contribution is 0.151. The van der Waals surface area contributed by atoms with Crippen molar-refractivity contribution in [2.24, 2.45) is 5.92 Å². The summed E-state index contributed by atoms with van der Waals surface area (Å²) in [5.41, 5.74) is 1.21. The number of benzene rings is 1. The smallest absolute Gasteiger partial charge is 0.417 e. The van der Waals surface area contributed by atoms with E-state index in [1.54, 1.807) is 19.5 Å². The first-order valence-electron chi connectivity index (χ1n) is 6.19. The average molecular weight is 338 g/mol. The summed E-state index contributed by atoms with van der Waals surface area (Å²) in [5, 5.41) is 0. The zero-order chi connectivity index (χ0) is 14.5. The summed E-state index contributed by atoms with van der Waals surface area (Å²) in [6.07, 6.45) is 5.89. The van der Waals surface area contributed by atoms with E-state index in [1.807, 2.05) is 30.3 Å². The third-order valence-electron chi connectivity index (χ3n) is 3.10. The maximum Gasteiger partial charge on any atom is 0.417 e. The third-order valence-corrected chi connectivity index (χ3v) is 3.89. The van der Waals surface area contributed by atoms with E-state index in [2.05, 4.69) is 20.7 Å². The molecular weight excluding hydrogens is 322 g/mol. The van der Waals surface area contributed by atoms with Crippen LogP contribution in [0.2, 0.25) is 0 Å². The van der Waals surface area contributed by atoms with Gasteiger partial charge in [-0.2, -0.15) is 0 Å². The zero-order valence-electron chi connectivity index (χ0n) is 11.4. The fraction of sp³-hybridized carbons (Fsp3) is 0.267. The highest BCUT2D eigenvalue weighted by Crippen LogP contribution is 2.28. The van der Waals surface area contributed by atoms with Gasteiger partial charge in [-0.25, -0.2) is 4.79 Å². The maximum absolute atomic E-state index is 11.4. The summed E-state index contributed by atoms with van der Waals surface area (Å²) in [5.74, 6) is 1.06. The van der Waals surface area contributed by atoms with Gasteiger partial charge in [0.15, 0.2) is 0 Å². The first kappa shape index (κ1) is 14.7. The molecule has 0 aromatic heterocycles. The highest BCUT2D eigenvalue weighted by Gasteiger charge is 2.19. The van der Waals surface area contributed by atoms with Crippen molar-refractivity contribution in [1.29, 1.82) is 0 Å². The topological polar surface area (TPSA) is 38.8 Å². The van der Waals surface area contributed by atoms with E-state index in [4.69, 9.17) is 4.74 Å². The molecule has 0 radical (unpaired) electrons. The summed E-state index contributed by atoms with van der Waals surface area (Å²) in [6.45, 7) is 0. The number of amides is 1. The van der Waals surface area contributed by atoms with Gasteiger partial charge in [-0.05, 0) is 24.1 Å². The van der Waals surface area contributed by atoms with Crippen LogP contribution in [0.1, 0.15) is 5.56 Å². The molecule has 0 bridgehead atoms. The van der Waals surface area contributed by atoms with Gasteiger partial charge in [0.1, 0.15) is 5.75 Å². The van der Waals surface area contributed by atoms with Gasteiger partial charge >= 0.3 is 6.09 Å². The Morgan fingerprint density at radius 3 is 2.55 bits per heavy atom. The highest BCUT2D eigenvalue weighted by atomic mass is 79.9. The lowest BCUT2D eigenvalue weighted by Crippen LogP contribution is -2.23. The third kappa shape index (κ3) is 3.42. The van der Waals surface area contributed by atoms with Crippen LogP contribution in [-0.2, 0) is 11.2 Å². The lowest BCUT2D eigenvalue weighted by atomic mass is 9.98. The van der Waals surface area contributed by atoms with Gasteiger partial charge in [0.25, 0.3) is 0 Å². The van der Waals surface area contributed by atoms with Gasteiger partial charge in [0, 0.05) is 22.8 Å². The second-order valence-electron chi connectivity index (χ2n) is 4.39. The lowest BCUT2D eigenvalue weighted by Gasteiger charge is -2.22. The molecule has 106 valence electrons. The molecule has 0 fully saturated rings. The second-order valence-corrected chi connectivity index (χ2v) is 5.31. The molecule has 1 aromatic rings. The molecule has 1 heterocycles. The Hall–Kier alpha value is -1.75. The van der Waals surface area contributed by atoms with E-state index in [0.29, 0.717) is 0 Å². The number of rotatable bonds is 3. The molecule has 0 N–H and O–H groups in total. The summed E-state index contributed by atoms with van der Waals surface area (Å²) >= 11 is 3.51. The monoisotopic (exact) mass is 337 g/mol. The van der Waals surface area contributed by atoms with Gasteiger partial charge in [-0.1, -0.05) is 34.1 Å². The minimum atomic E-state index is -0.402. The number of hydrogen-bond acceptors (Lipinski definition) is 3. The minimum Gasteiger partial charge on any atom is -0.497 e. The summed E-state index contributed by atoms with van der Waals surface area (Å²) in [7, 11) is 3.01. The zero-order valence-corrected chi connectivity index (χ0v) is 13.0. The predicted molar refractivity (Wildman–Crippen MR) is 80.6 cm³/mol. The van der Waals surface area contributed by atoms with Crippen LogP contribution in [0.3, 0.4) is 0 Å². The number of allylic oxidation sites excluding steroid dienone is 2. The number of halogens is 1. The Morgan fingerprint density at radius 2 is 2.00 bits per heavy atom. The number of carbonyl (C=O) groups excluding carboxylic acids is 1. The van der Waals surface area contributed by atoms with E-state index in [9.17, 15) is 4.79 Å². The molecule has 5 heteroatoms. The van der Waals surface area contributed by atoms with Gasteiger partial charge in [0.2, 0.25) is 0 Å². The normalized spacial score (nSPS) is 17.6. The summed E-state index contributed by atoms with van der Waals surface area (Å²) < 4.78 is 10.8. The van der Waals surface area contributed by atoms with Crippen molar-refractivity contribution >= 4 is 22.0 Å². The van der Waals surface area contributed by atoms with Gasteiger partial charge in [0.05, 0.1) is 14.2 Å². The van der Waals surface area contributed by atoms with Crippen LogP contribution in [0.4, 0.5) is 4.79 Å². The SMILES string of the molecule is COC(=O)N1C=CC(Cc2ccc(OC)cc2)C(Br)=C1. The Balaban J connectivity index is 2.04. The molecule has 1 atom stereocenters. The number of carbonyl (C=O) groups is 1. The Bertz CT molecular complexity index is 537. The number of nitrogens with zero attached hydrogens (tertiary/aromatic N) is 1. The van der Waals surface area contributed by atoms with Gasteiger partial charge < -0.3 is 9.47 Å². The van der Waals surface area contributed by atoms with Crippen LogP contribution in [0.25, 0.3) is 0 Å². The van der Waals surface area contributed by atoms with E-state index >= 15 is 0 Å². The molecule has 0 aliphatic carbocycles. The maximum atomic E-state index is 11.4. The standard InChI is InChI=1S/C15H16BrNO3/c1-19-13-5-3-11(4-6-13)9-12-7-8-17(10-14(12)16)15(18)20-2/h3-8,10,12H,9H2,1-2H3. The molecule has 1 aromatic carbocycles. The summed E-state index contributed by atoms with van der Waals surface area (Å²) in [4.78, 5) is 12.8. The number of ether oxygens (including phenoxy) is 2. The average Bonchev–Trinajstić information content (AvgIpc) is 2.49. The Morgan fingerprint density at radius 1 is 1.30 bits per heavy atom. The van der Waals surface area contributed by atoms with Crippen molar-refractivity contribution in [3.05, 3.63) is 52.8 Å². The molecule has 1 amide bonds. The first-order valence-corrected chi connectivity index (χ1v) is 6.98. The summed E-state index contributed by atoms with van der Waals surface area (Å²) in [6, 6.07) is 7.97. The van der Waals surface area contributed by atoms with Crippen molar-refractivity contribution in [2.75, 3.05) is 14.2 Å². The molecule has 2 rings (SSSR count). The van der Waals surface area contributed by atoms with Gasteiger partial charge in [-0.15, -0.1) is 0 Å². The Kier molecular flexibility index (Phi) is 4.84. The second kappa shape index (κ2) is 6.61. The fourth-order valence-electron chi connectivity index (χ4n) is 1.96. The fourth-order valence-corrected chi connectivity index (χ4v) is 2.50. The van der Waals surface area contributed by atoms with Gasteiger partial charge in [-0.3, -0.25) is 4.90 Å². The van der Waals surface area contributed by atoms with Crippen LogP contribution in [-0.4, -0.2) is 25.2 Å². The highest BCUT2D eigenvalue weighted by molar-refractivity contribution is 9.11. The molecule has 1 unspecified atom stereocenters. The van der Waals surface area contributed by atoms with E-state index in [0.717, 1.165) is 16.7 Å². The predicted octanol–water partition coefficient (Wildman–Crippen LogP) is 3.69. The van der Waals surface area contributed by atoms with Crippen LogP contribution in [0.15, 0.2) is 47.2 Å². The largest absolute Gasteiger partial charge is 0.497 e. The molecule has 1 aliphatic heterocycles. The molecular formula is C15H16BrNO3. The minimum absolute atomic E-state index is 0.212. The van der Waals surface area contributed by atoms with E-state index in [-0.39, 0.29) is 5.92 Å². The first-order chi connectivity index (χ1) is 9.63. The van der Waals surface area contributed by atoms with Crippen molar-refractivity contribution < 1.29 is 14.3 Å². The van der Waals surface area contributed by atoms with Crippen molar-refractivity contribution in [3.63, 3.8) is 0 Å². The van der Waals surface area contributed by atoms with E-state index in [1.165, 1.54) is 17.6 Å². The van der Waals surface area contributed by atoms with Crippen LogP contribution >= 0.6 is 15.9 Å². The van der Waals surface area contributed by atoms with Crippen molar-refractivity contribution in [2.45, 2.75) is 6.42 Å². The van der Waals surface area contributed by atoms with Crippen LogP contribution < -0.4 is 4.74 Å². The molecule has 0 saturated carbocycles. The number of hydrogen-bond donors (Lipinski definition) is 0. The Labute approximate surface area is 126 Å². The molecule has 4 nitrogen and oxygen atoms in total. The quantitative estimate of drug-likeness (QED) is 0.844. The van der Waals surface area contributed by atoms with E-state index < -0.39 is 6.09 Å².